The molecule has 5 N–H and O–H groups in total. The van der Waals surface area contributed by atoms with E-state index < -0.39 is 78.2 Å². The zero-order valence-corrected chi connectivity index (χ0v) is 64.6. The van der Waals surface area contributed by atoms with Gasteiger partial charge in [0, 0.05) is 29.7 Å². The Morgan fingerprint density at radius 3 is 1.46 bits per heavy atom. The number of carboxylic acid groups (broad SMARTS) is 2. The molecule has 552 valence electrons. The van der Waals surface area contributed by atoms with E-state index in [1.54, 1.807) is 56.5 Å². The Kier molecular flexibility index (Phi) is 37.3. The van der Waals surface area contributed by atoms with Gasteiger partial charge in [0.2, 0.25) is 11.8 Å². The number of para-hydroxylation sites is 1. The van der Waals surface area contributed by atoms with E-state index in [4.69, 9.17) is 29.7 Å². The molecule has 0 atom stereocenters. The van der Waals surface area contributed by atoms with Crippen LogP contribution in [0.5, 0.6) is 5.88 Å². The molecule has 0 unspecified atom stereocenters. The number of alkyl halides is 1. The lowest BCUT2D eigenvalue weighted by molar-refractivity contribution is -0.162. The summed E-state index contributed by atoms with van der Waals surface area (Å²) in [5.41, 5.74) is 5.72. The molecular weight excluding hydrogens is 1680 g/mol. The van der Waals surface area contributed by atoms with Crippen molar-refractivity contribution in [3.05, 3.63) is 217 Å². The van der Waals surface area contributed by atoms with Crippen LogP contribution in [-0.2, 0) is 85.1 Å². The number of benzene rings is 5. The maximum atomic E-state index is 14.2. The highest BCUT2D eigenvalue weighted by Gasteiger charge is 2.31. The zero-order valence-electron chi connectivity index (χ0n) is 56.7. The number of esters is 4. The summed E-state index contributed by atoms with van der Waals surface area (Å²) in [4.78, 5) is 87.9. The van der Waals surface area contributed by atoms with Gasteiger partial charge in [-0.1, -0.05) is 72.2 Å². The van der Waals surface area contributed by atoms with Crippen LogP contribution in [0.2, 0.25) is 0 Å². The Balaban J connectivity index is 0.000000283. The van der Waals surface area contributed by atoms with E-state index in [9.17, 15) is 60.6 Å². The molecule has 0 amide bonds. The van der Waals surface area contributed by atoms with Crippen molar-refractivity contribution in [2.75, 3.05) is 26.4 Å². The Hall–Kier alpha value is -8.01. The highest BCUT2D eigenvalue weighted by atomic mass is 79.9. The maximum absolute atomic E-state index is 14.2. The Morgan fingerprint density at radius 1 is 0.612 bits per heavy atom. The fraction of sp³-hybridized carbons (Fsp3) is 0.324. The number of aliphatic carboxylic acids is 2. The molecule has 32 heteroatoms. The number of rotatable bonds is 23. The minimum atomic E-state index is -1.63. The highest BCUT2D eigenvalue weighted by Crippen LogP contribution is 2.36. The van der Waals surface area contributed by atoms with E-state index in [1.165, 1.54) is 55.6 Å². The molecule has 1 aliphatic rings. The first-order chi connectivity index (χ1) is 48.9. The molecule has 0 aliphatic heterocycles. The number of hydrogen-bond acceptors (Lipinski definition) is 17. The van der Waals surface area contributed by atoms with Crippen LogP contribution in [0.3, 0.4) is 0 Å². The van der Waals surface area contributed by atoms with Crippen LogP contribution in [0.1, 0.15) is 111 Å². The topological polar surface area (TPSA) is 306 Å². The number of ether oxygens (including phenoxy) is 4. The first kappa shape index (κ1) is 87.4. The van der Waals surface area contributed by atoms with E-state index in [1.807, 2.05) is 55.1 Å². The standard InChI is InChI=1S/C27H26BrFN4O2.C14H16BrFO4.C10H8BrFO4.C7H5Br2F.C7H12O4.C6H7BFNO2/c1-3-17-6-5-7-18(4-2)24(17)33-25(23-12-13-32(31-23)19-9-10-19)30-26(34)20(27(33)35)14-16-8-11-21(28)22(29)15-16;1-3-19-13(17)10(14(18)20-4-2)7-9-5-6-11(15)12(16)8-9;11-7-2-1-5(4-8(7)12)3-6(9(13)14)10(15)16;8-4-5-1-2-6(9)7(10)3-5;1-3-10-6(8)5-7(9)11-4-2;1-4-5(7(10)11)2-3-9-6(4)8/h5-8,11-13,15,19,34H,3-4,9-10,14H2,1-2H3;5-6,8,10H,3-4,7H2,1-2H3;1-2,4,6H,3H2,(H,13,14)(H,15,16);1-3H,4H2;3-5H2,1-2H3;2-3,10-11H,1H3. The number of nitrogens with zero attached hydrogens (tertiary/aromatic N) is 5. The van der Waals surface area contributed by atoms with E-state index in [2.05, 4.69) is 104 Å². The molecular formula is C71H74BBr5F5N5O16. The van der Waals surface area contributed by atoms with Crippen molar-refractivity contribution in [2.45, 2.75) is 111 Å². The van der Waals surface area contributed by atoms with Crippen LogP contribution in [0.4, 0.5) is 22.0 Å². The lowest BCUT2D eigenvalue weighted by Gasteiger charge is -2.19. The molecule has 1 saturated carbocycles. The number of pyridine rings is 1. The third-order valence-corrected chi connectivity index (χ3v) is 17.8. The van der Waals surface area contributed by atoms with E-state index in [0.29, 0.717) is 53.0 Å². The number of aromatic hydroxyl groups is 1. The van der Waals surface area contributed by atoms with Crippen LogP contribution in [0.15, 0.2) is 138 Å². The van der Waals surface area contributed by atoms with Crippen LogP contribution in [0, 0.1) is 48.0 Å². The molecule has 0 saturated heterocycles. The lowest BCUT2D eigenvalue weighted by atomic mass is 9.78. The number of aryl methyl sites for hydroxylation is 2. The summed E-state index contributed by atoms with van der Waals surface area (Å²) in [7, 11) is -1.63. The largest absolute Gasteiger partial charge is 0.493 e. The molecule has 0 radical (unpaired) electrons. The highest BCUT2D eigenvalue weighted by molar-refractivity contribution is 9.11. The van der Waals surface area contributed by atoms with Gasteiger partial charge in [-0.05, 0) is 236 Å². The van der Waals surface area contributed by atoms with Gasteiger partial charge in [0.05, 0.1) is 61.6 Å². The third-order valence-electron chi connectivity index (χ3n) is 14.6. The van der Waals surface area contributed by atoms with E-state index >= 15 is 0 Å². The number of carboxylic acids is 2. The van der Waals surface area contributed by atoms with Crippen LogP contribution in [-0.4, -0.2) is 119 Å². The third kappa shape index (κ3) is 27.5. The smallest absolute Gasteiger partial charge is 0.488 e. The van der Waals surface area contributed by atoms with Gasteiger partial charge in [0.25, 0.3) is 5.56 Å². The molecule has 21 nitrogen and oxygen atoms in total. The molecule has 5 aromatic carbocycles. The average Bonchev–Trinajstić information content (AvgIpc) is 1.72. The van der Waals surface area contributed by atoms with Gasteiger partial charge >= 0.3 is 42.9 Å². The van der Waals surface area contributed by atoms with Gasteiger partial charge in [-0.25, -0.2) is 22.5 Å². The summed E-state index contributed by atoms with van der Waals surface area (Å²) in [6, 6.07) is 27.7. The summed E-state index contributed by atoms with van der Waals surface area (Å²) in [6.45, 7) is 13.1. The summed E-state index contributed by atoms with van der Waals surface area (Å²) in [6.07, 6.45) is 6.25. The van der Waals surface area contributed by atoms with Crippen molar-refractivity contribution in [3.8, 4) is 23.1 Å². The van der Waals surface area contributed by atoms with Crippen molar-refractivity contribution >= 4 is 128 Å². The van der Waals surface area contributed by atoms with Crippen molar-refractivity contribution in [2.24, 2.45) is 11.8 Å². The van der Waals surface area contributed by atoms with Crippen molar-refractivity contribution in [1.29, 1.82) is 0 Å². The molecule has 1 fully saturated rings. The lowest BCUT2D eigenvalue weighted by Crippen LogP contribution is -2.32. The molecule has 3 aromatic heterocycles. The van der Waals surface area contributed by atoms with Crippen LogP contribution < -0.4 is 11.0 Å². The number of halogens is 10. The maximum Gasteiger partial charge on any atom is 0.488 e. The fourth-order valence-electron chi connectivity index (χ4n) is 9.24. The van der Waals surface area contributed by atoms with Gasteiger partial charge in [0.15, 0.2) is 17.7 Å². The van der Waals surface area contributed by atoms with E-state index in [0.717, 1.165) is 54.1 Å². The first-order valence-corrected chi connectivity index (χ1v) is 36.1. The first-order valence-electron chi connectivity index (χ1n) is 31.8. The summed E-state index contributed by atoms with van der Waals surface area (Å²) in [5.74, 6) is -10.3. The second-order valence-corrected chi connectivity index (χ2v) is 25.9. The van der Waals surface area contributed by atoms with Gasteiger partial charge in [-0.2, -0.15) is 14.5 Å². The van der Waals surface area contributed by atoms with Crippen molar-refractivity contribution in [3.63, 3.8) is 0 Å². The minimum absolute atomic E-state index is 0.0435. The second kappa shape index (κ2) is 44.0. The van der Waals surface area contributed by atoms with Gasteiger partial charge in [0.1, 0.15) is 35.4 Å². The summed E-state index contributed by atoms with van der Waals surface area (Å²) < 4.78 is 89.7. The molecule has 9 rings (SSSR count). The second-order valence-electron chi connectivity index (χ2n) is 21.9. The zero-order chi connectivity index (χ0) is 76.8. The van der Waals surface area contributed by atoms with E-state index in [-0.39, 0.29) is 90.4 Å². The normalized spacial score (nSPS) is 11.2. The Labute approximate surface area is 633 Å². The molecule has 0 bridgehead atoms. The predicted octanol–water partition coefficient (Wildman–Crippen LogP) is 13.7. The van der Waals surface area contributed by atoms with Crippen LogP contribution in [0.25, 0.3) is 17.2 Å². The molecule has 103 heavy (non-hydrogen) atoms. The van der Waals surface area contributed by atoms with Crippen LogP contribution >= 0.6 is 79.6 Å². The molecule has 1 aliphatic carbocycles. The van der Waals surface area contributed by atoms with Crippen molar-refractivity contribution < 1.29 is 95.0 Å². The van der Waals surface area contributed by atoms with Crippen molar-refractivity contribution in [1.82, 2.24) is 24.3 Å². The molecule has 8 aromatic rings. The monoisotopic (exact) mass is 1750 g/mol. The Morgan fingerprint density at radius 2 is 1.05 bits per heavy atom. The molecule has 0 spiro atoms. The number of carbonyl (C=O) groups is 6. The SMILES string of the molecule is CCOC(=O)C(Cc1ccc(Br)c(F)c1)C(=O)OCC.CCOC(=O)CC(=O)OCC.CCc1cccc(CC)c1-n1c(-c2ccn(C3CC3)n2)nc(O)c(Cc2ccc(Br)c(F)c2)c1=O.Cc1c(B(O)O)ccnc1F.Fc1cc(CBr)ccc1Br.O=C(O)C(Cc1ccc(Br)c(F)c1)C(=O)O. The van der Waals surface area contributed by atoms with Gasteiger partial charge < -0.3 is 44.3 Å². The average molecular weight is 1760 g/mol. The van der Waals surface area contributed by atoms with Gasteiger partial charge in [-0.15, -0.1) is 0 Å². The minimum Gasteiger partial charge on any atom is -0.493 e. The van der Waals surface area contributed by atoms with Gasteiger partial charge in [-0.3, -0.25) is 42.8 Å². The molecule has 3 heterocycles. The fourth-order valence-corrected chi connectivity index (χ4v) is 10.6. The Bertz CT molecular complexity index is 4210. The summed E-state index contributed by atoms with van der Waals surface area (Å²) in [5, 5.41) is 51.0. The summed E-state index contributed by atoms with van der Waals surface area (Å²) >= 11 is 15.5. The number of carbonyl (C=O) groups excluding carboxylic acids is 4. The number of aromatic nitrogens is 5. The predicted molar refractivity (Wildman–Crippen MR) is 391 cm³/mol. The quantitative estimate of drug-likeness (QED) is 0.00756. The number of hydrogen-bond donors (Lipinski definition) is 5.